The van der Waals surface area contributed by atoms with E-state index in [1.165, 1.54) is 0 Å². The molecule has 0 radical (unpaired) electrons. The van der Waals surface area contributed by atoms with Crippen LogP contribution in [0.4, 0.5) is 6.01 Å². The summed E-state index contributed by atoms with van der Waals surface area (Å²) in [6.07, 6.45) is 1.68. The quantitative estimate of drug-likeness (QED) is 0.546. The molecule has 0 saturated heterocycles. The molecule has 0 aliphatic rings. The molecule has 1 rings (SSSR count). The molecule has 1 N–H and O–H groups in total. The van der Waals surface area contributed by atoms with Crippen molar-refractivity contribution in [3.05, 3.63) is 5.89 Å². The minimum absolute atomic E-state index is 0.428. The molecule has 17 heavy (non-hydrogen) atoms. The van der Waals surface area contributed by atoms with E-state index in [1.54, 1.807) is 0 Å². The minimum Gasteiger partial charge on any atom is -0.408 e. The normalized spacial score (nSPS) is 11.1. The summed E-state index contributed by atoms with van der Waals surface area (Å²) >= 11 is 5.56. The van der Waals surface area contributed by atoms with Gasteiger partial charge in [-0.1, -0.05) is 18.9 Å². The van der Waals surface area contributed by atoms with E-state index in [2.05, 4.69) is 29.4 Å². The first-order valence-electron chi connectivity index (χ1n) is 5.92. The number of ether oxygens (including phenoxy) is 1. The number of hydrogen-bond donors (Lipinski definition) is 1. The van der Waals surface area contributed by atoms with Gasteiger partial charge in [-0.2, -0.15) is 0 Å². The molecule has 1 aromatic heterocycles. The van der Waals surface area contributed by atoms with Gasteiger partial charge in [-0.3, -0.25) is 0 Å². The molecule has 0 aliphatic heterocycles. The second kappa shape index (κ2) is 8.31. The number of hydrogen-bond acceptors (Lipinski definition) is 5. The van der Waals surface area contributed by atoms with Crippen molar-refractivity contribution in [2.75, 3.05) is 31.0 Å². The summed E-state index contributed by atoms with van der Waals surface area (Å²) in [5.41, 5.74) is 0. The van der Waals surface area contributed by atoms with E-state index in [1.807, 2.05) is 0 Å². The van der Waals surface area contributed by atoms with Gasteiger partial charge in [-0.15, -0.1) is 16.7 Å². The van der Waals surface area contributed by atoms with Crippen LogP contribution in [0.5, 0.6) is 0 Å². The smallest absolute Gasteiger partial charge is 0.315 e. The van der Waals surface area contributed by atoms with Crippen molar-refractivity contribution >= 4 is 17.6 Å². The predicted octanol–water partition coefficient (Wildman–Crippen LogP) is 2.33. The maximum atomic E-state index is 5.56. The van der Waals surface area contributed by atoms with Crippen LogP contribution in [0.25, 0.3) is 0 Å². The van der Waals surface area contributed by atoms with Crippen LogP contribution in [-0.4, -0.2) is 35.8 Å². The van der Waals surface area contributed by atoms with Crippen LogP contribution in [0.15, 0.2) is 4.42 Å². The molecule has 6 heteroatoms. The topological polar surface area (TPSA) is 60.2 Å². The molecular weight excluding hydrogens is 242 g/mol. The van der Waals surface area contributed by atoms with Gasteiger partial charge >= 0.3 is 6.01 Å². The van der Waals surface area contributed by atoms with E-state index < -0.39 is 0 Å². The van der Waals surface area contributed by atoms with E-state index in [0.29, 0.717) is 43.3 Å². The highest BCUT2D eigenvalue weighted by atomic mass is 35.5. The van der Waals surface area contributed by atoms with Gasteiger partial charge in [0.05, 0.1) is 6.61 Å². The van der Waals surface area contributed by atoms with Gasteiger partial charge in [0, 0.05) is 25.5 Å². The predicted molar refractivity (Wildman–Crippen MR) is 67.5 cm³/mol. The lowest BCUT2D eigenvalue weighted by molar-refractivity contribution is 0.132. The van der Waals surface area contributed by atoms with Crippen LogP contribution < -0.4 is 5.32 Å². The Morgan fingerprint density at radius 1 is 1.35 bits per heavy atom. The van der Waals surface area contributed by atoms with Gasteiger partial charge in [-0.05, 0) is 12.3 Å². The molecular formula is C11H20ClN3O2. The summed E-state index contributed by atoms with van der Waals surface area (Å²) in [5, 5.41) is 10.7. The molecule has 0 spiro atoms. The molecule has 0 atom stereocenters. The monoisotopic (exact) mass is 261 g/mol. The van der Waals surface area contributed by atoms with Crippen molar-refractivity contribution in [1.29, 1.82) is 0 Å². The molecule has 0 aliphatic carbocycles. The zero-order valence-corrected chi connectivity index (χ0v) is 11.2. The first-order valence-corrected chi connectivity index (χ1v) is 6.45. The number of rotatable bonds is 9. The van der Waals surface area contributed by atoms with Crippen LogP contribution in [0.1, 0.15) is 26.2 Å². The fourth-order valence-corrected chi connectivity index (χ4v) is 1.32. The van der Waals surface area contributed by atoms with Crippen LogP contribution >= 0.6 is 11.6 Å². The lowest BCUT2D eigenvalue weighted by atomic mass is 10.1. The van der Waals surface area contributed by atoms with E-state index in [-0.39, 0.29) is 0 Å². The Hall–Kier alpha value is -0.810. The van der Waals surface area contributed by atoms with Crippen molar-refractivity contribution in [2.24, 2.45) is 5.92 Å². The zero-order valence-electron chi connectivity index (χ0n) is 10.4. The van der Waals surface area contributed by atoms with Crippen LogP contribution in [0.3, 0.4) is 0 Å². The first-order chi connectivity index (χ1) is 8.22. The molecule has 0 fully saturated rings. The third-order valence-corrected chi connectivity index (χ3v) is 2.33. The first kappa shape index (κ1) is 14.3. The Bertz CT molecular complexity index is 305. The second-order valence-electron chi connectivity index (χ2n) is 4.16. The number of halogens is 1. The van der Waals surface area contributed by atoms with Crippen molar-refractivity contribution < 1.29 is 9.15 Å². The molecule has 5 nitrogen and oxygen atoms in total. The molecule has 0 saturated carbocycles. The molecule has 0 bridgehead atoms. The third-order valence-electron chi connectivity index (χ3n) is 2.14. The summed E-state index contributed by atoms with van der Waals surface area (Å²) in [6.45, 7) is 6.46. The minimum atomic E-state index is 0.428. The zero-order chi connectivity index (χ0) is 12.5. The Kier molecular flexibility index (Phi) is 6.96. The van der Waals surface area contributed by atoms with Gasteiger partial charge in [-0.25, -0.2) is 0 Å². The third kappa shape index (κ3) is 6.48. The Morgan fingerprint density at radius 2 is 2.18 bits per heavy atom. The number of aryl methyl sites for hydroxylation is 1. The van der Waals surface area contributed by atoms with E-state index in [4.69, 9.17) is 20.8 Å². The summed E-state index contributed by atoms with van der Waals surface area (Å²) in [5.74, 6) is 1.72. The molecule has 1 heterocycles. The summed E-state index contributed by atoms with van der Waals surface area (Å²) in [4.78, 5) is 0. The van der Waals surface area contributed by atoms with Gasteiger partial charge < -0.3 is 14.5 Å². The molecule has 0 aromatic carbocycles. The van der Waals surface area contributed by atoms with Crippen molar-refractivity contribution in [3.63, 3.8) is 0 Å². The number of nitrogens with one attached hydrogen (secondary N) is 1. The number of nitrogens with zero attached hydrogens (tertiary/aromatic N) is 2. The fraction of sp³-hybridized carbons (Fsp3) is 0.818. The SMILES string of the molecule is CC(C)CCOCCNc1nnc(CCCl)o1. The Labute approximate surface area is 107 Å². The highest BCUT2D eigenvalue weighted by molar-refractivity contribution is 6.17. The molecule has 98 valence electrons. The van der Waals surface area contributed by atoms with Crippen LogP contribution in [0.2, 0.25) is 0 Å². The molecule has 0 amide bonds. The summed E-state index contributed by atoms with van der Waals surface area (Å²) in [6, 6.07) is 0.428. The van der Waals surface area contributed by atoms with E-state index in [9.17, 15) is 0 Å². The highest BCUT2D eigenvalue weighted by Gasteiger charge is 2.03. The lowest BCUT2D eigenvalue weighted by Crippen LogP contribution is -2.11. The number of aromatic nitrogens is 2. The van der Waals surface area contributed by atoms with Crippen molar-refractivity contribution in [1.82, 2.24) is 10.2 Å². The number of anilines is 1. The highest BCUT2D eigenvalue weighted by Crippen LogP contribution is 2.06. The summed E-state index contributed by atoms with van der Waals surface area (Å²) in [7, 11) is 0. The van der Waals surface area contributed by atoms with Crippen LogP contribution in [-0.2, 0) is 11.2 Å². The van der Waals surface area contributed by atoms with Crippen molar-refractivity contribution in [3.8, 4) is 0 Å². The average molecular weight is 262 g/mol. The Balaban J connectivity index is 2.05. The van der Waals surface area contributed by atoms with Gasteiger partial charge in [0.25, 0.3) is 0 Å². The van der Waals surface area contributed by atoms with E-state index in [0.717, 1.165) is 13.0 Å². The van der Waals surface area contributed by atoms with Crippen molar-refractivity contribution in [2.45, 2.75) is 26.7 Å². The maximum absolute atomic E-state index is 5.56. The summed E-state index contributed by atoms with van der Waals surface area (Å²) < 4.78 is 10.7. The van der Waals surface area contributed by atoms with Gasteiger partial charge in [0.2, 0.25) is 5.89 Å². The largest absolute Gasteiger partial charge is 0.408 e. The van der Waals surface area contributed by atoms with E-state index >= 15 is 0 Å². The van der Waals surface area contributed by atoms with Crippen LogP contribution in [0, 0.1) is 5.92 Å². The maximum Gasteiger partial charge on any atom is 0.315 e. The molecule has 0 unspecified atom stereocenters. The Morgan fingerprint density at radius 3 is 2.88 bits per heavy atom. The number of alkyl halides is 1. The molecule has 1 aromatic rings. The average Bonchev–Trinajstić information content (AvgIpc) is 2.71. The lowest BCUT2D eigenvalue weighted by Gasteiger charge is -2.06. The van der Waals surface area contributed by atoms with Gasteiger partial charge in [0.1, 0.15) is 0 Å². The standard InChI is InChI=1S/C11H20ClN3O2/c1-9(2)4-7-16-8-6-13-11-15-14-10(17-11)3-5-12/h9H,3-8H2,1-2H3,(H,13,15). The van der Waals surface area contributed by atoms with Gasteiger partial charge in [0.15, 0.2) is 0 Å². The second-order valence-corrected chi connectivity index (χ2v) is 4.54. The fourth-order valence-electron chi connectivity index (χ4n) is 1.16.